The molecule has 0 aliphatic carbocycles. The smallest absolute Gasteiger partial charge is 0.0467 e. The van der Waals surface area contributed by atoms with Gasteiger partial charge >= 0.3 is 0 Å². The normalized spacial score (nSPS) is 6.33. The van der Waals surface area contributed by atoms with Crippen LogP contribution in [0.3, 0.4) is 0 Å². The fraction of sp³-hybridized carbons (Fsp3) is 0.556. The molecule has 0 aliphatic heterocycles. The molecule has 0 heteroatoms. The summed E-state index contributed by atoms with van der Waals surface area (Å²) in [5, 5.41) is 0. The zero-order valence-corrected chi connectivity index (χ0v) is 14.9. The van der Waals surface area contributed by atoms with Crippen LogP contribution in [0.4, 0.5) is 0 Å². The number of allylic oxidation sites excluding steroid dienone is 6. The zero-order valence-electron chi connectivity index (χ0n) is 14.9. The SMILES string of the molecule is C=C/C=C\C=C/C.C=CC.CC.CC.CC.CC. The molecule has 0 aromatic rings. The molecule has 18 heavy (non-hydrogen) atoms. The highest BCUT2D eigenvalue weighted by atomic mass is 13.6. The first-order valence-corrected chi connectivity index (χ1v) is 7.30. The highest BCUT2D eigenvalue weighted by Crippen LogP contribution is 1.74. The summed E-state index contributed by atoms with van der Waals surface area (Å²) in [5.41, 5.74) is 0. The lowest BCUT2D eigenvalue weighted by molar-refractivity contribution is 1.50. The highest BCUT2D eigenvalue weighted by Gasteiger charge is 1.52. The lowest BCUT2D eigenvalue weighted by atomic mass is 10.4. The van der Waals surface area contributed by atoms with Crippen molar-refractivity contribution in [3.8, 4) is 0 Å². The molecule has 0 aromatic carbocycles. The lowest BCUT2D eigenvalue weighted by Gasteiger charge is -1.65. The summed E-state index contributed by atoms with van der Waals surface area (Å²) in [5.74, 6) is 0. The van der Waals surface area contributed by atoms with E-state index in [9.17, 15) is 0 Å². The van der Waals surface area contributed by atoms with Gasteiger partial charge in [0.15, 0.2) is 0 Å². The van der Waals surface area contributed by atoms with Crippen LogP contribution in [-0.2, 0) is 0 Å². The van der Waals surface area contributed by atoms with Crippen molar-refractivity contribution in [2.24, 2.45) is 0 Å². The van der Waals surface area contributed by atoms with Gasteiger partial charge in [-0.1, -0.05) is 98.4 Å². The van der Waals surface area contributed by atoms with Gasteiger partial charge in [-0.15, -0.1) is 6.58 Å². The Hall–Kier alpha value is -1.04. The summed E-state index contributed by atoms with van der Waals surface area (Å²) >= 11 is 0. The maximum absolute atomic E-state index is 3.51. The minimum absolute atomic E-state index is 1.75. The fourth-order valence-corrected chi connectivity index (χ4v) is 0.254. The van der Waals surface area contributed by atoms with Gasteiger partial charge in [-0.05, 0) is 13.8 Å². The van der Waals surface area contributed by atoms with E-state index in [-0.39, 0.29) is 0 Å². The van der Waals surface area contributed by atoms with Gasteiger partial charge < -0.3 is 0 Å². The van der Waals surface area contributed by atoms with E-state index in [0.29, 0.717) is 0 Å². The Morgan fingerprint density at radius 3 is 1.00 bits per heavy atom. The first-order chi connectivity index (χ1) is 8.83. The van der Waals surface area contributed by atoms with Crippen LogP contribution in [0.5, 0.6) is 0 Å². The van der Waals surface area contributed by atoms with Crippen LogP contribution in [0.1, 0.15) is 69.2 Å². The summed E-state index contributed by atoms with van der Waals surface area (Å²) in [7, 11) is 0. The molecular formula is C18H40. The van der Waals surface area contributed by atoms with Gasteiger partial charge in [-0.2, -0.15) is 0 Å². The van der Waals surface area contributed by atoms with Crippen molar-refractivity contribution in [3.63, 3.8) is 0 Å². The standard InChI is InChI=1S/C7H10.C3H6.4C2H6/c1-3-5-7-6-4-2;1-3-2;4*1-2/h3-7H,1H2,2H3;3H,1H2,2H3;4*1-2H3/b6-4-,7-5-;;;;;. The van der Waals surface area contributed by atoms with Crippen LogP contribution < -0.4 is 0 Å². The predicted molar refractivity (Wildman–Crippen MR) is 95.4 cm³/mol. The quantitative estimate of drug-likeness (QED) is 0.352. The van der Waals surface area contributed by atoms with Crippen LogP contribution in [0.2, 0.25) is 0 Å². The monoisotopic (exact) mass is 256 g/mol. The van der Waals surface area contributed by atoms with E-state index in [1.807, 2.05) is 93.5 Å². The molecule has 0 unspecified atom stereocenters. The van der Waals surface area contributed by atoms with Crippen LogP contribution in [-0.4, -0.2) is 0 Å². The van der Waals surface area contributed by atoms with Gasteiger partial charge in [0.25, 0.3) is 0 Å². The average molecular weight is 257 g/mol. The maximum Gasteiger partial charge on any atom is -0.0467 e. The van der Waals surface area contributed by atoms with E-state index in [1.54, 1.807) is 12.2 Å². The Kier molecular flexibility index (Phi) is 290. The lowest BCUT2D eigenvalue weighted by Crippen LogP contribution is -1.43. The first-order valence-electron chi connectivity index (χ1n) is 7.30. The largest absolute Gasteiger partial charge is 0.103 e. The van der Waals surface area contributed by atoms with Crippen molar-refractivity contribution >= 4 is 0 Å². The zero-order chi connectivity index (χ0) is 16.2. The molecule has 0 spiro atoms. The molecule has 0 amide bonds. The molecule has 0 atom stereocenters. The molecule has 0 bridgehead atoms. The van der Waals surface area contributed by atoms with Crippen LogP contribution in [0.25, 0.3) is 0 Å². The second-order valence-electron chi connectivity index (χ2n) is 1.55. The molecule has 0 nitrogen and oxygen atoms in total. The molecule has 0 aliphatic rings. The molecule has 0 N–H and O–H groups in total. The van der Waals surface area contributed by atoms with Gasteiger partial charge in [0.05, 0.1) is 0 Å². The molecule has 112 valence electrons. The Morgan fingerprint density at radius 1 is 0.556 bits per heavy atom. The molecule has 0 saturated carbocycles. The third-order valence-corrected chi connectivity index (χ3v) is 0.551. The highest BCUT2D eigenvalue weighted by molar-refractivity contribution is 5.07. The minimum Gasteiger partial charge on any atom is -0.103 e. The van der Waals surface area contributed by atoms with Crippen LogP contribution in [0.15, 0.2) is 49.6 Å². The van der Waals surface area contributed by atoms with Gasteiger partial charge in [-0.25, -0.2) is 0 Å². The molecule has 0 rings (SSSR count). The van der Waals surface area contributed by atoms with E-state index in [2.05, 4.69) is 13.2 Å². The summed E-state index contributed by atoms with van der Waals surface area (Å²) in [4.78, 5) is 0. The van der Waals surface area contributed by atoms with Crippen molar-refractivity contribution in [1.29, 1.82) is 0 Å². The van der Waals surface area contributed by atoms with Crippen molar-refractivity contribution in [3.05, 3.63) is 49.6 Å². The van der Waals surface area contributed by atoms with Crippen LogP contribution >= 0.6 is 0 Å². The molecule has 0 fully saturated rings. The van der Waals surface area contributed by atoms with E-state index >= 15 is 0 Å². The van der Waals surface area contributed by atoms with Gasteiger partial charge in [0, 0.05) is 0 Å². The third-order valence-electron chi connectivity index (χ3n) is 0.551. The van der Waals surface area contributed by atoms with E-state index in [0.717, 1.165) is 0 Å². The van der Waals surface area contributed by atoms with Crippen molar-refractivity contribution < 1.29 is 0 Å². The molecule has 0 heterocycles. The third kappa shape index (κ3) is 333. The summed E-state index contributed by atoms with van der Waals surface area (Å²) < 4.78 is 0. The Bertz CT molecular complexity index is 116. The van der Waals surface area contributed by atoms with Crippen molar-refractivity contribution in [2.45, 2.75) is 69.2 Å². The van der Waals surface area contributed by atoms with Gasteiger partial charge in [-0.3, -0.25) is 0 Å². The molecule has 0 aromatic heterocycles. The number of rotatable bonds is 2. The molecule has 0 saturated heterocycles. The van der Waals surface area contributed by atoms with Crippen LogP contribution in [0, 0.1) is 0 Å². The van der Waals surface area contributed by atoms with E-state index < -0.39 is 0 Å². The second kappa shape index (κ2) is 145. The first kappa shape index (κ1) is 36.0. The fourth-order valence-electron chi connectivity index (χ4n) is 0.254. The number of hydrogen-bond donors (Lipinski definition) is 0. The summed E-state index contributed by atoms with van der Waals surface area (Å²) in [6.07, 6.45) is 11.3. The average Bonchev–Trinajstić information content (AvgIpc) is 2.49. The van der Waals surface area contributed by atoms with Crippen molar-refractivity contribution in [1.82, 2.24) is 0 Å². The van der Waals surface area contributed by atoms with Gasteiger partial charge in [0.2, 0.25) is 0 Å². The van der Waals surface area contributed by atoms with Gasteiger partial charge in [0.1, 0.15) is 0 Å². The minimum atomic E-state index is 1.75. The second-order valence-corrected chi connectivity index (χ2v) is 1.55. The topological polar surface area (TPSA) is 0 Å². The maximum atomic E-state index is 3.51. The van der Waals surface area contributed by atoms with E-state index in [1.165, 1.54) is 0 Å². The van der Waals surface area contributed by atoms with Crippen molar-refractivity contribution in [2.75, 3.05) is 0 Å². The summed E-state index contributed by atoms with van der Waals surface area (Å²) in [6, 6.07) is 0. The van der Waals surface area contributed by atoms with E-state index in [4.69, 9.17) is 0 Å². The number of hydrogen-bond acceptors (Lipinski definition) is 0. The Balaban J connectivity index is -0.0000000279. The molecular weight excluding hydrogens is 216 g/mol. The Morgan fingerprint density at radius 2 is 0.833 bits per heavy atom. The molecule has 0 radical (unpaired) electrons. The summed E-state index contributed by atoms with van der Waals surface area (Å²) in [6.45, 7) is 26.7. The predicted octanol–water partition coefficient (Wildman–Crippen LogP) is 7.60. The Labute approximate surface area is 119 Å².